The Labute approximate surface area is 183 Å². The molecule has 0 spiro atoms. The van der Waals surface area contributed by atoms with Crippen molar-refractivity contribution in [2.24, 2.45) is 0 Å². The van der Waals surface area contributed by atoms with Crippen LogP contribution in [-0.4, -0.2) is 23.8 Å². The number of carbonyl (C=O) groups excluding carboxylic acids is 2. The number of ether oxygens (including phenoxy) is 1. The summed E-state index contributed by atoms with van der Waals surface area (Å²) in [7, 11) is 1.61. The molecule has 0 saturated carbocycles. The van der Waals surface area contributed by atoms with E-state index in [-0.39, 0.29) is 24.3 Å². The van der Waals surface area contributed by atoms with Crippen molar-refractivity contribution in [2.75, 3.05) is 12.4 Å². The fourth-order valence-corrected chi connectivity index (χ4v) is 3.59. The van der Waals surface area contributed by atoms with Crippen molar-refractivity contribution in [3.8, 4) is 5.75 Å². The lowest BCUT2D eigenvalue weighted by Gasteiger charge is -2.30. The minimum absolute atomic E-state index is 0.00535. The summed E-state index contributed by atoms with van der Waals surface area (Å²) in [6.07, 6.45) is 0.243. The molecular weight excluding hydrogens is 388 g/mol. The summed E-state index contributed by atoms with van der Waals surface area (Å²) in [6.45, 7) is 3.98. The number of hydrogen-bond donors (Lipinski definition) is 1. The molecule has 0 aliphatic carbocycles. The number of nitrogens with zero attached hydrogens (tertiary/aromatic N) is 1. The van der Waals surface area contributed by atoms with E-state index in [9.17, 15) is 9.59 Å². The van der Waals surface area contributed by atoms with E-state index in [0.717, 1.165) is 16.7 Å². The third-order valence-electron chi connectivity index (χ3n) is 5.21. The Hall–Kier alpha value is -3.60. The highest BCUT2D eigenvalue weighted by molar-refractivity contribution is 5.88. The van der Waals surface area contributed by atoms with Gasteiger partial charge in [-0.3, -0.25) is 9.59 Å². The molecule has 0 unspecified atom stereocenters. The fourth-order valence-electron chi connectivity index (χ4n) is 3.59. The SMILES string of the molecule is COc1ccccc1CC(=O)N(Cc1ccccc1)[C@H](C)c1cccc(NC(C)=O)c1. The first-order chi connectivity index (χ1) is 15.0. The standard InChI is InChI=1S/C26H28N2O3/c1-19(22-13-9-14-24(16-22)27-20(2)29)28(18-21-10-5-4-6-11-21)26(30)17-23-12-7-8-15-25(23)31-3/h4-16,19H,17-18H2,1-3H3,(H,27,29)/t19-/m1/s1. The number of methoxy groups -OCH3 is 1. The Balaban J connectivity index is 1.90. The molecular formula is C26H28N2O3. The Morgan fingerprint density at radius 1 is 0.968 bits per heavy atom. The van der Waals surface area contributed by atoms with Crippen LogP contribution in [0.1, 0.15) is 36.6 Å². The molecule has 0 bridgehead atoms. The van der Waals surface area contributed by atoms with Crippen molar-refractivity contribution < 1.29 is 14.3 Å². The van der Waals surface area contributed by atoms with Gasteiger partial charge in [0.1, 0.15) is 5.75 Å². The molecule has 5 heteroatoms. The lowest BCUT2D eigenvalue weighted by molar-refractivity contribution is -0.133. The zero-order valence-corrected chi connectivity index (χ0v) is 18.2. The van der Waals surface area contributed by atoms with Gasteiger partial charge in [0.05, 0.1) is 19.6 Å². The molecule has 1 N–H and O–H groups in total. The van der Waals surface area contributed by atoms with Gasteiger partial charge in [0.2, 0.25) is 11.8 Å². The number of para-hydroxylation sites is 1. The molecule has 0 fully saturated rings. The Morgan fingerprint density at radius 2 is 1.68 bits per heavy atom. The maximum atomic E-state index is 13.5. The summed E-state index contributed by atoms with van der Waals surface area (Å²) >= 11 is 0. The zero-order chi connectivity index (χ0) is 22.2. The van der Waals surface area contributed by atoms with Crippen LogP contribution in [0.3, 0.4) is 0 Å². The molecule has 0 saturated heterocycles. The van der Waals surface area contributed by atoms with E-state index in [1.807, 2.05) is 90.7 Å². The van der Waals surface area contributed by atoms with Gasteiger partial charge in [0.25, 0.3) is 0 Å². The van der Waals surface area contributed by atoms with Crippen LogP contribution in [-0.2, 0) is 22.6 Å². The van der Waals surface area contributed by atoms with E-state index in [2.05, 4.69) is 5.32 Å². The number of hydrogen-bond acceptors (Lipinski definition) is 3. The maximum Gasteiger partial charge on any atom is 0.227 e. The fraction of sp³-hybridized carbons (Fsp3) is 0.231. The first-order valence-corrected chi connectivity index (χ1v) is 10.3. The normalized spacial score (nSPS) is 11.5. The zero-order valence-electron chi connectivity index (χ0n) is 18.2. The number of amides is 2. The number of carbonyl (C=O) groups is 2. The van der Waals surface area contributed by atoms with E-state index in [0.29, 0.717) is 18.0 Å². The molecule has 3 rings (SSSR count). The van der Waals surface area contributed by atoms with E-state index < -0.39 is 0 Å². The first kappa shape index (κ1) is 22.1. The van der Waals surface area contributed by atoms with Gasteiger partial charge in [-0.05, 0) is 36.2 Å². The van der Waals surface area contributed by atoms with Crippen molar-refractivity contribution in [2.45, 2.75) is 32.9 Å². The van der Waals surface area contributed by atoms with Gasteiger partial charge in [-0.2, -0.15) is 0 Å². The molecule has 0 heterocycles. The Bertz CT molecular complexity index is 1030. The van der Waals surface area contributed by atoms with Gasteiger partial charge in [-0.1, -0.05) is 60.7 Å². The third-order valence-corrected chi connectivity index (χ3v) is 5.21. The van der Waals surface area contributed by atoms with Crippen LogP contribution in [0.15, 0.2) is 78.9 Å². The summed E-state index contributed by atoms with van der Waals surface area (Å²) < 4.78 is 5.43. The molecule has 1 atom stereocenters. The van der Waals surface area contributed by atoms with Crippen LogP contribution in [0.4, 0.5) is 5.69 Å². The van der Waals surface area contributed by atoms with Gasteiger partial charge < -0.3 is 15.0 Å². The second-order valence-electron chi connectivity index (χ2n) is 7.48. The average molecular weight is 417 g/mol. The number of nitrogens with one attached hydrogen (secondary N) is 1. The van der Waals surface area contributed by atoms with Crippen LogP contribution >= 0.6 is 0 Å². The van der Waals surface area contributed by atoms with Crippen molar-refractivity contribution in [3.63, 3.8) is 0 Å². The van der Waals surface area contributed by atoms with Crippen LogP contribution in [0.5, 0.6) is 5.75 Å². The lowest BCUT2D eigenvalue weighted by Crippen LogP contribution is -2.34. The van der Waals surface area contributed by atoms with Gasteiger partial charge in [-0.25, -0.2) is 0 Å². The number of rotatable bonds is 8. The molecule has 160 valence electrons. The van der Waals surface area contributed by atoms with Crippen LogP contribution in [0, 0.1) is 0 Å². The van der Waals surface area contributed by atoms with Crippen LogP contribution < -0.4 is 10.1 Å². The molecule has 2 amide bonds. The monoisotopic (exact) mass is 416 g/mol. The topological polar surface area (TPSA) is 58.6 Å². The van der Waals surface area contributed by atoms with Crippen LogP contribution in [0.25, 0.3) is 0 Å². The highest BCUT2D eigenvalue weighted by Gasteiger charge is 2.23. The minimum Gasteiger partial charge on any atom is -0.496 e. The summed E-state index contributed by atoms with van der Waals surface area (Å²) in [5, 5.41) is 2.81. The highest BCUT2D eigenvalue weighted by atomic mass is 16.5. The molecule has 0 aromatic heterocycles. The molecule has 0 aliphatic heterocycles. The largest absolute Gasteiger partial charge is 0.496 e. The molecule has 3 aromatic carbocycles. The van der Waals surface area contributed by atoms with Gasteiger partial charge in [0.15, 0.2) is 0 Å². The molecule has 0 aliphatic rings. The van der Waals surface area contributed by atoms with Crippen LogP contribution in [0.2, 0.25) is 0 Å². The highest BCUT2D eigenvalue weighted by Crippen LogP contribution is 2.27. The van der Waals surface area contributed by atoms with E-state index in [1.54, 1.807) is 7.11 Å². The first-order valence-electron chi connectivity index (χ1n) is 10.3. The summed E-state index contributed by atoms with van der Waals surface area (Å²) in [5.74, 6) is 0.583. The lowest BCUT2D eigenvalue weighted by atomic mass is 10.0. The quantitative estimate of drug-likeness (QED) is 0.563. The second kappa shape index (κ2) is 10.4. The molecule has 0 radical (unpaired) electrons. The van der Waals surface area contributed by atoms with Crippen molar-refractivity contribution >= 4 is 17.5 Å². The predicted octanol–water partition coefficient (Wildman–Crippen LogP) is 4.99. The molecule has 5 nitrogen and oxygen atoms in total. The van der Waals surface area contributed by atoms with E-state index >= 15 is 0 Å². The van der Waals surface area contributed by atoms with Crippen molar-refractivity contribution in [3.05, 3.63) is 95.6 Å². The number of anilines is 1. The molecule has 3 aromatic rings. The minimum atomic E-state index is -0.184. The third kappa shape index (κ3) is 5.95. The summed E-state index contributed by atoms with van der Waals surface area (Å²) in [6, 6.07) is 25.0. The Kier molecular flexibility index (Phi) is 7.44. The summed E-state index contributed by atoms with van der Waals surface area (Å²) in [5.41, 5.74) is 3.58. The predicted molar refractivity (Wildman–Crippen MR) is 123 cm³/mol. The molecule has 31 heavy (non-hydrogen) atoms. The van der Waals surface area contributed by atoms with Crippen molar-refractivity contribution in [1.29, 1.82) is 0 Å². The average Bonchev–Trinajstić information content (AvgIpc) is 2.77. The summed E-state index contributed by atoms with van der Waals surface area (Å²) in [4.78, 5) is 26.8. The van der Waals surface area contributed by atoms with Gasteiger partial charge in [-0.15, -0.1) is 0 Å². The second-order valence-corrected chi connectivity index (χ2v) is 7.48. The van der Waals surface area contributed by atoms with Crippen molar-refractivity contribution in [1.82, 2.24) is 4.90 Å². The number of benzene rings is 3. The maximum absolute atomic E-state index is 13.5. The van der Waals surface area contributed by atoms with E-state index in [4.69, 9.17) is 4.74 Å². The van der Waals surface area contributed by atoms with Gasteiger partial charge in [0, 0.05) is 24.7 Å². The van der Waals surface area contributed by atoms with Gasteiger partial charge >= 0.3 is 0 Å². The smallest absolute Gasteiger partial charge is 0.227 e. The Morgan fingerprint density at radius 3 is 2.39 bits per heavy atom. The van der Waals surface area contributed by atoms with E-state index in [1.165, 1.54) is 6.92 Å².